The molecule has 0 fully saturated rings. The minimum Gasteiger partial charge on any atom is -0.465 e. The zero-order valence-electron chi connectivity index (χ0n) is 8.70. The number of hydrogen-bond donors (Lipinski definition) is 1. The largest absolute Gasteiger partial charge is 0.465 e. The molecule has 0 aliphatic rings. The Bertz CT molecular complexity index is 359. The maximum atomic E-state index is 11.5. The van der Waals surface area contributed by atoms with Gasteiger partial charge in [0, 0.05) is 0 Å². The van der Waals surface area contributed by atoms with Crippen LogP contribution in [0.5, 0.6) is 0 Å². The molecule has 1 aromatic rings. The third-order valence-corrected chi connectivity index (χ3v) is 2.78. The number of ether oxygens (including phenoxy) is 1. The molecule has 0 atom stereocenters. The van der Waals surface area contributed by atoms with Crippen molar-refractivity contribution in [3.05, 3.63) is 21.9 Å². The first-order valence-electron chi connectivity index (χ1n) is 4.63. The molecule has 1 rings (SSSR count). The first-order valence-corrected chi connectivity index (χ1v) is 5.51. The van der Waals surface area contributed by atoms with Crippen LogP contribution in [0.15, 0.2) is 11.4 Å². The number of amides is 1. The van der Waals surface area contributed by atoms with Gasteiger partial charge in [0.15, 0.2) is 0 Å². The highest BCUT2D eigenvalue weighted by atomic mass is 32.1. The Morgan fingerprint density at radius 1 is 1.53 bits per heavy atom. The van der Waals surface area contributed by atoms with Crippen LogP contribution in [0, 0.1) is 6.92 Å². The second-order valence-corrected chi connectivity index (χ2v) is 3.84. The number of hydrogen-bond acceptors (Lipinski definition) is 4. The van der Waals surface area contributed by atoms with Gasteiger partial charge in [-0.15, -0.1) is 11.3 Å². The van der Waals surface area contributed by atoms with Crippen molar-refractivity contribution in [2.45, 2.75) is 13.8 Å². The maximum absolute atomic E-state index is 11.5. The van der Waals surface area contributed by atoms with Crippen LogP contribution in [0.1, 0.15) is 22.2 Å². The fraction of sp³-hybridized carbons (Fsp3) is 0.400. The second-order valence-electron chi connectivity index (χ2n) is 2.92. The van der Waals surface area contributed by atoms with Crippen molar-refractivity contribution in [1.82, 2.24) is 5.32 Å². The van der Waals surface area contributed by atoms with E-state index in [0.717, 1.165) is 5.56 Å². The zero-order valence-corrected chi connectivity index (χ0v) is 9.52. The fourth-order valence-corrected chi connectivity index (χ4v) is 1.89. The van der Waals surface area contributed by atoms with Gasteiger partial charge in [-0.25, -0.2) is 0 Å². The maximum Gasteiger partial charge on any atom is 0.325 e. The summed E-state index contributed by atoms with van der Waals surface area (Å²) < 4.78 is 4.69. The summed E-state index contributed by atoms with van der Waals surface area (Å²) in [5.41, 5.74) is 0.918. The van der Waals surface area contributed by atoms with Crippen molar-refractivity contribution in [3.8, 4) is 0 Å². The molecule has 1 heterocycles. The summed E-state index contributed by atoms with van der Waals surface area (Å²) in [6.07, 6.45) is 0. The molecule has 0 radical (unpaired) electrons. The van der Waals surface area contributed by atoms with E-state index in [1.54, 1.807) is 6.92 Å². The Balaban J connectivity index is 2.44. The molecule has 0 spiro atoms. The van der Waals surface area contributed by atoms with Crippen molar-refractivity contribution < 1.29 is 14.3 Å². The first-order chi connectivity index (χ1) is 7.15. The monoisotopic (exact) mass is 227 g/mol. The van der Waals surface area contributed by atoms with Crippen LogP contribution in [0.2, 0.25) is 0 Å². The average Bonchev–Trinajstić information content (AvgIpc) is 2.61. The summed E-state index contributed by atoms with van der Waals surface area (Å²) in [4.78, 5) is 23.1. The van der Waals surface area contributed by atoms with Gasteiger partial charge in [-0.2, -0.15) is 0 Å². The molecule has 1 N–H and O–H groups in total. The number of nitrogens with one attached hydrogen (secondary N) is 1. The summed E-state index contributed by atoms with van der Waals surface area (Å²) >= 11 is 1.36. The van der Waals surface area contributed by atoms with Gasteiger partial charge in [0.1, 0.15) is 6.54 Å². The van der Waals surface area contributed by atoms with Gasteiger partial charge in [0.25, 0.3) is 5.91 Å². The Morgan fingerprint density at radius 3 is 2.80 bits per heavy atom. The summed E-state index contributed by atoms with van der Waals surface area (Å²) in [7, 11) is 0. The van der Waals surface area contributed by atoms with Crippen LogP contribution in [0.3, 0.4) is 0 Å². The van der Waals surface area contributed by atoms with Gasteiger partial charge < -0.3 is 10.1 Å². The fourth-order valence-electron chi connectivity index (χ4n) is 1.05. The van der Waals surface area contributed by atoms with Crippen LogP contribution in [0.25, 0.3) is 0 Å². The van der Waals surface area contributed by atoms with Gasteiger partial charge in [-0.1, -0.05) is 0 Å². The quantitative estimate of drug-likeness (QED) is 0.790. The zero-order chi connectivity index (χ0) is 11.3. The molecule has 0 bridgehead atoms. The molecule has 1 amide bonds. The minimum absolute atomic E-state index is 0.0794. The van der Waals surface area contributed by atoms with E-state index >= 15 is 0 Å². The normalized spacial score (nSPS) is 9.73. The summed E-state index contributed by atoms with van der Waals surface area (Å²) in [6.45, 7) is 3.83. The van der Waals surface area contributed by atoms with Crippen molar-refractivity contribution in [3.63, 3.8) is 0 Å². The molecule has 0 unspecified atom stereocenters. The van der Waals surface area contributed by atoms with E-state index in [2.05, 4.69) is 10.1 Å². The lowest BCUT2D eigenvalue weighted by Gasteiger charge is -2.03. The Morgan fingerprint density at radius 2 is 2.27 bits per heavy atom. The first kappa shape index (κ1) is 11.7. The molecule has 0 aliphatic carbocycles. The van der Waals surface area contributed by atoms with Gasteiger partial charge in [-0.05, 0) is 30.9 Å². The molecular weight excluding hydrogens is 214 g/mol. The standard InChI is InChI=1S/C10H13NO3S/c1-3-14-8(12)6-11-10(13)9-7(2)4-5-15-9/h4-5H,3,6H2,1-2H3,(H,11,13). The Labute approximate surface area is 92.2 Å². The Kier molecular flexibility index (Phi) is 4.30. The molecule has 5 heteroatoms. The van der Waals surface area contributed by atoms with Gasteiger partial charge >= 0.3 is 5.97 Å². The third kappa shape index (κ3) is 3.36. The van der Waals surface area contributed by atoms with Crippen LogP contribution < -0.4 is 5.32 Å². The number of carbonyl (C=O) groups is 2. The van der Waals surface area contributed by atoms with Crippen molar-refractivity contribution in [2.24, 2.45) is 0 Å². The van der Waals surface area contributed by atoms with Crippen molar-refractivity contribution in [2.75, 3.05) is 13.2 Å². The van der Waals surface area contributed by atoms with E-state index in [1.807, 2.05) is 18.4 Å². The van der Waals surface area contributed by atoms with Crippen molar-refractivity contribution in [1.29, 1.82) is 0 Å². The summed E-state index contributed by atoms with van der Waals surface area (Å²) in [5.74, 6) is -0.643. The molecule has 0 aliphatic heterocycles. The van der Waals surface area contributed by atoms with Gasteiger partial charge in [-0.3, -0.25) is 9.59 Å². The average molecular weight is 227 g/mol. The third-order valence-electron chi connectivity index (χ3n) is 1.77. The number of aryl methyl sites for hydroxylation is 1. The molecule has 0 aromatic carbocycles. The highest BCUT2D eigenvalue weighted by Gasteiger charge is 2.11. The molecule has 1 aromatic heterocycles. The minimum atomic E-state index is -0.417. The Hall–Kier alpha value is -1.36. The number of rotatable bonds is 4. The van der Waals surface area contributed by atoms with E-state index in [9.17, 15) is 9.59 Å². The van der Waals surface area contributed by atoms with Crippen LogP contribution in [-0.4, -0.2) is 25.0 Å². The second kappa shape index (κ2) is 5.50. The molecule has 0 saturated carbocycles. The highest BCUT2D eigenvalue weighted by molar-refractivity contribution is 7.12. The predicted octanol–water partition coefficient (Wildman–Crippen LogP) is 1.35. The predicted molar refractivity (Wildman–Crippen MR) is 58.0 cm³/mol. The van der Waals surface area contributed by atoms with Gasteiger partial charge in [0.2, 0.25) is 0 Å². The number of esters is 1. The van der Waals surface area contributed by atoms with Crippen LogP contribution >= 0.6 is 11.3 Å². The highest BCUT2D eigenvalue weighted by Crippen LogP contribution is 2.14. The topological polar surface area (TPSA) is 55.4 Å². The lowest BCUT2D eigenvalue weighted by atomic mass is 10.3. The molecular formula is C10H13NO3S. The lowest BCUT2D eigenvalue weighted by molar-refractivity contribution is -0.141. The van der Waals surface area contributed by atoms with E-state index in [-0.39, 0.29) is 12.5 Å². The lowest BCUT2D eigenvalue weighted by Crippen LogP contribution is -2.30. The number of thiophene rings is 1. The van der Waals surface area contributed by atoms with Crippen LogP contribution in [0.4, 0.5) is 0 Å². The molecule has 4 nitrogen and oxygen atoms in total. The van der Waals surface area contributed by atoms with Crippen molar-refractivity contribution >= 4 is 23.2 Å². The van der Waals surface area contributed by atoms with Gasteiger partial charge in [0.05, 0.1) is 11.5 Å². The molecule has 82 valence electrons. The summed E-state index contributed by atoms with van der Waals surface area (Å²) in [5, 5.41) is 4.35. The number of carbonyl (C=O) groups excluding carboxylic acids is 2. The molecule has 15 heavy (non-hydrogen) atoms. The molecule has 0 saturated heterocycles. The van der Waals surface area contributed by atoms with E-state index < -0.39 is 5.97 Å². The summed E-state index contributed by atoms with van der Waals surface area (Å²) in [6, 6.07) is 1.87. The van der Waals surface area contributed by atoms with E-state index in [0.29, 0.717) is 11.5 Å². The van der Waals surface area contributed by atoms with Crippen LogP contribution in [-0.2, 0) is 9.53 Å². The van der Waals surface area contributed by atoms with E-state index in [4.69, 9.17) is 0 Å². The SMILES string of the molecule is CCOC(=O)CNC(=O)c1sccc1C. The van der Waals surface area contributed by atoms with E-state index in [1.165, 1.54) is 11.3 Å². The smallest absolute Gasteiger partial charge is 0.325 e.